The van der Waals surface area contributed by atoms with Crippen LogP contribution in [0.4, 0.5) is 0 Å². The fourth-order valence-corrected chi connectivity index (χ4v) is 3.24. The number of nitrogens with one attached hydrogen (secondary N) is 2. The Morgan fingerprint density at radius 3 is 2.62 bits per heavy atom. The first kappa shape index (κ1) is 16.1. The maximum atomic E-state index is 12.5. The molecule has 0 spiro atoms. The molecule has 0 bridgehead atoms. The molecule has 1 saturated carbocycles. The number of carbonyl (C=O) groups is 2. The van der Waals surface area contributed by atoms with Gasteiger partial charge in [-0.25, -0.2) is 0 Å². The highest BCUT2D eigenvalue weighted by molar-refractivity contribution is 6.35. The van der Waals surface area contributed by atoms with E-state index in [4.69, 9.17) is 23.2 Å². The number of hydrogen-bond donors (Lipinski definition) is 2. The van der Waals surface area contributed by atoms with Crippen molar-refractivity contribution in [3.63, 3.8) is 0 Å². The molecule has 1 aliphatic rings. The highest BCUT2D eigenvalue weighted by atomic mass is 35.5. The second-order valence-corrected chi connectivity index (χ2v) is 6.08. The summed E-state index contributed by atoms with van der Waals surface area (Å²) < 4.78 is 0. The lowest BCUT2D eigenvalue weighted by Gasteiger charge is -2.41. The Morgan fingerprint density at radius 1 is 1.29 bits per heavy atom. The van der Waals surface area contributed by atoms with Crippen LogP contribution in [0.15, 0.2) is 18.2 Å². The van der Waals surface area contributed by atoms with Crippen molar-refractivity contribution in [1.82, 2.24) is 10.6 Å². The highest BCUT2D eigenvalue weighted by Crippen LogP contribution is 2.46. The Labute approximate surface area is 134 Å². The van der Waals surface area contributed by atoms with E-state index in [1.54, 1.807) is 12.1 Å². The first-order chi connectivity index (χ1) is 10.1. The van der Waals surface area contributed by atoms with E-state index in [0.717, 1.165) is 24.8 Å². The SMILES string of the molecule is O=CNCCCNC(=O)C1(c2ccc(Cl)cc2Cl)CCC1. The third kappa shape index (κ3) is 3.50. The van der Waals surface area contributed by atoms with Crippen molar-refractivity contribution in [1.29, 1.82) is 0 Å². The lowest BCUT2D eigenvalue weighted by atomic mass is 9.63. The van der Waals surface area contributed by atoms with Crippen LogP contribution in [0.25, 0.3) is 0 Å². The molecule has 0 saturated heterocycles. The minimum atomic E-state index is -0.528. The zero-order valence-corrected chi connectivity index (χ0v) is 13.1. The third-order valence-corrected chi connectivity index (χ3v) is 4.50. The van der Waals surface area contributed by atoms with Gasteiger partial charge in [0, 0.05) is 23.1 Å². The monoisotopic (exact) mass is 328 g/mol. The normalized spacial score (nSPS) is 15.9. The predicted octanol–water partition coefficient (Wildman–Crippen LogP) is 2.67. The molecule has 0 unspecified atom stereocenters. The number of benzene rings is 1. The van der Waals surface area contributed by atoms with Crippen molar-refractivity contribution < 1.29 is 9.59 Å². The largest absolute Gasteiger partial charge is 0.359 e. The van der Waals surface area contributed by atoms with Gasteiger partial charge in [0.1, 0.15) is 0 Å². The number of rotatable bonds is 7. The minimum Gasteiger partial charge on any atom is -0.359 e. The quantitative estimate of drug-likeness (QED) is 0.597. The minimum absolute atomic E-state index is 0.00377. The van der Waals surface area contributed by atoms with Gasteiger partial charge in [0.25, 0.3) is 0 Å². The first-order valence-electron chi connectivity index (χ1n) is 7.01. The number of hydrogen-bond acceptors (Lipinski definition) is 2. The lowest BCUT2D eigenvalue weighted by Crippen LogP contribution is -2.49. The van der Waals surface area contributed by atoms with Crippen molar-refractivity contribution in [3.05, 3.63) is 33.8 Å². The summed E-state index contributed by atoms with van der Waals surface area (Å²) >= 11 is 12.2. The van der Waals surface area contributed by atoms with E-state index in [1.807, 2.05) is 6.07 Å². The van der Waals surface area contributed by atoms with Gasteiger partial charge in [-0.3, -0.25) is 9.59 Å². The molecule has 0 atom stereocenters. The van der Waals surface area contributed by atoms with E-state index in [0.29, 0.717) is 36.0 Å². The van der Waals surface area contributed by atoms with E-state index in [9.17, 15) is 9.59 Å². The molecule has 6 heteroatoms. The third-order valence-electron chi connectivity index (χ3n) is 3.96. The average Bonchev–Trinajstić information content (AvgIpc) is 2.39. The number of carbonyl (C=O) groups excluding carboxylic acids is 2. The van der Waals surface area contributed by atoms with Crippen molar-refractivity contribution >= 4 is 35.5 Å². The van der Waals surface area contributed by atoms with E-state index in [2.05, 4.69) is 10.6 Å². The Morgan fingerprint density at radius 2 is 2.05 bits per heavy atom. The van der Waals surface area contributed by atoms with Crippen molar-refractivity contribution in [2.75, 3.05) is 13.1 Å². The topological polar surface area (TPSA) is 58.2 Å². The van der Waals surface area contributed by atoms with Gasteiger partial charge in [0.15, 0.2) is 0 Å². The molecule has 2 amide bonds. The maximum Gasteiger partial charge on any atom is 0.230 e. The second kappa shape index (κ2) is 7.14. The predicted molar refractivity (Wildman–Crippen MR) is 83.7 cm³/mol. The average molecular weight is 329 g/mol. The Balaban J connectivity index is 2.03. The fourth-order valence-electron chi connectivity index (χ4n) is 2.65. The first-order valence-corrected chi connectivity index (χ1v) is 7.76. The highest BCUT2D eigenvalue weighted by Gasteiger charge is 2.46. The zero-order chi connectivity index (χ0) is 15.3. The molecule has 0 aromatic heterocycles. The number of amides is 2. The Hall–Kier alpha value is -1.26. The van der Waals surface area contributed by atoms with Crippen LogP contribution < -0.4 is 10.6 Å². The molecular weight excluding hydrogens is 311 g/mol. The second-order valence-electron chi connectivity index (χ2n) is 5.24. The molecule has 21 heavy (non-hydrogen) atoms. The molecular formula is C15H18Cl2N2O2. The summed E-state index contributed by atoms with van der Waals surface area (Å²) in [5.41, 5.74) is 0.322. The van der Waals surface area contributed by atoms with Gasteiger partial charge < -0.3 is 10.6 Å². The van der Waals surface area contributed by atoms with Crippen LogP contribution in [0.3, 0.4) is 0 Å². The van der Waals surface area contributed by atoms with Gasteiger partial charge in [-0.2, -0.15) is 0 Å². The fraction of sp³-hybridized carbons (Fsp3) is 0.467. The summed E-state index contributed by atoms with van der Waals surface area (Å²) in [5, 5.41) is 6.62. The van der Waals surface area contributed by atoms with E-state index < -0.39 is 5.41 Å². The maximum absolute atomic E-state index is 12.5. The summed E-state index contributed by atoms with van der Waals surface area (Å²) in [6.45, 7) is 1.09. The van der Waals surface area contributed by atoms with Gasteiger partial charge in [-0.05, 0) is 37.0 Å². The van der Waals surface area contributed by atoms with Crippen LogP contribution in [-0.4, -0.2) is 25.4 Å². The molecule has 2 N–H and O–H groups in total. The molecule has 0 aliphatic heterocycles. The van der Waals surface area contributed by atoms with E-state index in [-0.39, 0.29) is 5.91 Å². The molecule has 1 aliphatic carbocycles. The van der Waals surface area contributed by atoms with Gasteiger partial charge in [-0.15, -0.1) is 0 Å². The van der Waals surface area contributed by atoms with E-state index in [1.165, 1.54) is 0 Å². The van der Waals surface area contributed by atoms with Gasteiger partial charge in [0.2, 0.25) is 12.3 Å². The smallest absolute Gasteiger partial charge is 0.230 e. The summed E-state index contributed by atoms with van der Waals surface area (Å²) in [5.74, 6) is 0.00377. The van der Waals surface area contributed by atoms with Crippen LogP contribution in [-0.2, 0) is 15.0 Å². The molecule has 0 heterocycles. The molecule has 1 fully saturated rings. The number of halogens is 2. The summed E-state index contributed by atoms with van der Waals surface area (Å²) in [6.07, 6.45) is 3.97. The summed E-state index contributed by atoms with van der Waals surface area (Å²) in [6, 6.07) is 5.29. The lowest BCUT2D eigenvalue weighted by molar-refractivity contribution is -0.129. The van der Waals surface area contributed by atoms with Crippen molar-refractivity contribution in [3.8, 4) is 0 Å². The Kier molecular flexibility index (Phi) is 5.48. The van der Waals surface area contributed by atoms with Gasteiger partial charge in [0.05, 0.1) is 5.41 Å². The molecule has 1 aromatic carbocycles. The summed E-state index contributed by atoms with van der Waals surface area (Å²) in [7, 11) is 0. The van der Waals surface area contributed by atoms with Crippen molar-refractivity contribution in [2.45, 2.75) is 31.1 Å². The zero-order valence-electron chi connectivity index (χ0n) is 11.6. The van der Waals surface area contributed by atoms with Gasteiger partial charge >= 0.3 is 0 Å². The molecule has 114 valence electrons. The summed E-state index contributed by atoms with van der Waals surface area (Å²) in [4.78, 5) is 22.7. The standard InChI is InChI=1S/C15H18Cl2N2O2/c16-11-3-4-12(13(17)9-11)15(5-1-6-15)14(21)19-8-2-7-18-10-20/h3-4,9-10H,1-2,5-8H2,(H,18,20)(H,19,21). The van der Waals surface area contributed by atoms with Crippen LogP contribution in [0.2, 0.25) is 10.0 Å². The van der Waals surface area contributed by atoms with Crippen LogP contribution >= 0.6 is 23.2 Å². The van der Waals surface area contributed by atoms with E-state index >= 15 is 0 Å². The molecule has 4 nitrogen and oxygen atoms in total. The van der Waals surface area contributed by atoms with Crippen molar-refractivity contribution in [2.24, 2.45) is 0 Å². The van der Waals surface area contributed by atoms with Crippen LogP contribution in [0, 0.1) is 0 Å². The van der Waals surface area contributed by atoms with Gasteiger partial charge in [-0.1, -0.05) is 35.7 Å². The molecule has 0 radical (unpaired) electrons. The van der Waals surface area contributed by atoms with Crippen LogP contribution in [0.5, 0.6) is 0 Å². The van der Waals surface area contributed by atoms with Crippen LogP contribution in [0.1, 0.15) is 31.2 Å². The molecule has 1 aromatic rings. The Bertz CT molecular complexity index is 530. The molecule has 2 rings (SSSR count).